The zero-order chi connectivity index (χ0) is 21.9. The quantitative estimate of drug-likeness (QED) is 0.211. The lowest BCUT2D eigenvalue weighted by Crippen LogP contribution is -2.49. The van der Waals surface area contributed by atoms with Gasteiger partial charge in [0, 0.05) is 70.1 Å². The first-order valence-corrected chi connectivity index (χ1v) is 12.5. The SMILES string of the molecule is CCNC(=NCCCCN1CCN(c2ccccc2)CC1)NC1CCN(C(C)C)CC1.I. The van der Waals surface area contributed by atoms with Gasteiger partial charge in [0.15, 0.2) is 5.96 Å². The van der Waals surface area contributed by atoms with Crippen LogP contribution in [0.2, 0.25) is 0 Å². The minimum atomic E-state index is 0. The second-order valence-corrected chi connectivity index (χ2v) is 9.18. The number of nitrogens with one attached hydrogen (secondary N) is 2. The van der Waals surface area contributed by atoms with Crippen molar-refractivity contribution in [2.75, 3.05) is 63.8 Å². The van der Waals surface area contributed by atoms with E-state index >= 15 is 0 Å². The van der Waals surface area contributed by atoms with Crippen molar-refractivity contribution in [3.8, 4) is 0 Å². The number of anilines is 1. The van der Waals surface area contributed by atoms with Crippen LogP contribution in [0.1, 0.15) is 46.5 Å². The molecule has 1 aromatic carbocycles. The molecule has 7 heteroatoms. The molecule has 2 saturated heterocycles. The molecular formula is C25H45IN6. The van der Waals surface area contributed by atoms with Crippen molar-refractivity contribution < 1.29 is 0 Å². The fourth-order valence-electron chi connectivity index (χ4n) is 4.58. The molecule has 2 aliphatic heterocycles. The predicted molar refractivity (Wildman–Crippen MR) is 149 cm³/mol. The lowest BCUT2D eigenvalue weighted by molar-refractivity contribution is 0.167. The van der Waals surface area contributed by atoms with Gasteiger partial charge in [-0.2, -0.15) is 0 Å². The van der Waals surface area contributed by atoms with E-state index in [9.17, 15) is 0 Å². The number of unbranched alkanes of at least 4 members (excludes halogenated alkanes) is 1. The number of likely N-dealkylation sites (tertiary alicyclic amines) is 1. The average Bonchev–Trinajstić information content (AvgIpc) is 2.80. The van der Waals surface area contributed by atoms with Gasteiger partial charge in [0.2, 0.25) is 0 Å². The summed E-state index contributed by atoms with van der Waals surface area (Å²) in [6.07, 6.45) is 4.79. The molecule has 2 heterocycles. The van der Waals surface area contributed by atoms with Crippen LogP contribution in [0.4, 0.5) is 5.69 Å². The molecule has 0 aromatic heterocycles. The third kappa shape index (κ3) is 9.06. The first-order valence-electron chi connectivity index (χ1n) is 12.5. The molecule has 0 saturated carbocycles. The van der Waals surface area contributed by atoms with E-state index in [0.717, 1.165) is 51.6 Å². The minimum absolute atomic E-state index is 0. The van der Waals surface area contributed by atoms with E-state index in [0.29, 0.717) is 12.1 Å². The van der Waals surface area contributed by atoms with Crippen LogP contribution < -0.4 is 15.5 Å². The van der Waals surface area contributed by atoms with Gasteiger partial charge in [0.05, 0.1) is 0 Å². The fourth-order valence-corrected chi connectivity index (χ4v) is 4.58. The third-order valence-corrected chi connectivity index (χ3v) is 6.59. The van der Waals surface area contributed by atoms with E-state index in [1.165, 1.54) is 44.6 Å². The molecular weight excluding hydrogens is 511 g/mol. The van der Waals surface area contributed by atoms with E-state index in [4.69, 9.17) is 4.99 Å². The Bertz CT molecular complexity index is 637. The second kappa shape index (κ2) is 15.0. The number of rotatable bonds is 9. The van der Waals surface area contributed by atoms with Crippen molar-refractivity contribution >= 4 is 35.6 Å². The summed E-state index contributed by atoms with van der Waals surface area (Å²) in [5.41, 5.74) is 1.36. The largest absolute Gasteiger partial charge is 0.369 e. The molecule has 2 aliphatic rings. The van der Waals surface area contributed by atoms with Crippen molar-refractivity contribution in [1.82, 2.24) is 20.4 Å². The van der Waals surface area contributed by atoms with Crippen LogP contribution in [-0.4, -0.2) is 86.7 Å². The highest BCUT2D eigenvalue weighted by Crippen LogP contribution is 2.16. The minimum Gasteiger partial charge on any atom is -0.369 e. The van der Waals surface area contributed by atoms with Crippen LogP contribution in [0.5, 0.6) is 0 Å². The van der Waals surface area contributed by atoms with Crippen LogP contribution in [0, 0.1) is 0 Å². The van der Waals surface area contributed by atoms with E-state index in [-0.39, 0.29) is 24.0 Å². The molecule has 0 atom stereocenters. The number of piperazine rings is 1. The molecule has 0 amide bonds. The molecule has 0 unspecified atom stereocenters. The first kappa shape index (κ1) is 27.2. The molecule has 0 spiro atoms. The van der Waals surface area contributed by atoms with Crippen molar-refractivity contribution in [3.05, 3.63) is 30.3 Å². The fraction of sp³-hybridized carbons (Fsp3) is 0.720. The predicted octanol–water partition coefficient (Wildman–Crippen LogP) is 3.63. The number of nitrogens with zero attached hydrogens (tertiary/aromatic N) is 4. The Labute approximate surface area is 213 Å². The highest BCUT2D eigenvalue weighted by Gasteiger charge is 2.21. The molecule has 0 radical (unpaired) electrons. The molecule has 2 N–H and O–H groups in total. The standard InChI is InChI=1S/C25H44N6.HI/c1-4-26-25(28-23-12-16-30(17-13-23)22(2)3)27-14-8-9-15-29-18-20-31(21-19-29)24-10-6-5-7-11-24;/h5-7,10-11,22-23H,4,8-9,12-21H2,1-3H3,(H2,26,27,28);1H. The van der Waals surface area contributed by atoms with Gasteiger partial charge >= 0.3 is 0 Å². The van der Waals surface area contributed by atoms with E-state index < -0.39 is 0 Å². The summed E-state index contributed by atoms with van der Waals surface area (Å²) in [5, 5.41) is 7.11. The topological polar surface area (TPSA) is 46.1 Å². The molecule has 3 rings (SSSR count). The number of benzene rings is 1. The van der Waals surface area contributed by atoms with Gasteiger partial charge < -0.3 is 20.4 Å². The lowest BCUT2D eigenvalue weighted by Gasteiger charge is -2.36. The zero-order valence-corrected chi connectivity index (χ0v) is 22.8. The number of piperidine rings is 1. The number of para-hydroxylation sites is 1. The molecule has 0 aliphatic carbocycles. The second-order valence-electron chi connectivity index (χ2n) is 9.18. The van der Waals surface area contributed by atoms with Gasteiger partial charge in [-0.3, -0.25) is 9.89 Å². The van der Waals surface area contributed by atoms with Gasteiger partial charge in [-0.15, -0.1) is 24.0 Å². The van der Waals surface area contributed by atoms with Gasteiger partial charge in [0.25, 0.3) is 0 Å². The first-order chi connectivity index (χ1) is 15.2. The number of hydrogen-bond acceptors (Lipinski definition) is 4. The Kier molecular flexibility index (Phi) is 12.7. The zero-order valence-electron chi connectivity index (χ0n) is 20.4. The summed E-state index contributed by atoms with van der Waals surface area (Å²) in [6, 6.07) is 12.0. The number of hydrogen-bond donors (Lipinski definition) is 2. The van der Waals surface area contributed by atoms with Gasteiger partial charge in [0.1, 0.15) is 0 Å². The highest BCUT2D eigenvalue weighted by atomic mass is 127. The maximum atomic E-state index is 4.85. The van der Waals surface area contributed by atoms with Crippen LogP contribution in [0.15, 0.2) is 35.3 Å². The van der Waals surface area contributed by atoms with Crippen LogP contribution in [0.25, 0.3) is 0 Å². The van der Waals surface area contributed by atoms with E-state index in [1.807, 2.05) is 0 Å². The third-order valence-electron chi connectivity index (χ3n) is 6.59. The summed E-state index contributed by atoms with van der Waals surface area (Å²) < 4.78 is 0. The number of aliphatic imine (C=N–C) groups is 1. The van der Waals surface area contributed by atoms with Crippen molar-refractivity contribution in [2.45, 2.75) is 58.5 Å². The van der Waals surface area contributed by atoms with Gasteiger partial charge in [-0.25, -0.2) is 0 Å². The maximum absolute atomic E-state index is 4.85. The van der Waals surface area contributed by atoms with Crippen molar-refractivity contribution in [1.29, 1.82) is 0 Å². The Morgan fingerprint density at radius 1 is 1.00 bits per heavy atom. The van der Waals surface area contributed by atoms with Crippen LogP contribution in [0.3, 0.4) is 0 Å². The summed E-state index contributed by atoms with van der Waals surface area (Å²) in [7, 11) is 0. The van der Waals surface area contributed by atoms with Crippen LogP contribution >= 0.6 is 24.0 Å². The number of guanidine groups is 1. The monoisotopic (exact) mass is 556 g/mol. The highest BCUT2D eigenvalue weighted by molar-refractivity contribution is 14.0. The Balaban J connectivity index is 0.00000363. The average molecular weight is 557 g/mol. The van der Waals surface area contributed by atoms with Gasteiger partial charge in [-0.05, 0) is 65.1 Å². The van der Waals surface area contributed by atoms with E-state index in [2.05, 4.69) is 76.4 Å². The van der Waals surface area contributed by atoms with E-state index in [1.54, 1.807) is 0 Å². The van der Waals surface area contributed by atoms with Crippen molar-refractivity contribution in [3.63, 3.8) is 0 Å². The number of halogens is 1. The van der Waals surface area contributed by atoms with Crippen LogP contribution in [-0.2, 0) is 0 Å². The summed E-state index contributed by atoms with van der Waals surface area (Å²) in [5.74, 6) is 1.00. The summed E-state index contributed by atoms with van der Waals surface area (Å²) >= 11 is 0. The lowest BCUT2D eigenvalue weighted by atomic mass is 10.0. The Morgan fingerprint density at radius 3 is 2.31 bits per heavy atom. The van der Waals surface area contributed by atoms with Crippen molar-refractivity contribution in [2.24, 2.45) is 4.99 Å². The summed E-state index contributed by atoms with van der Waals surface area (Å²) in [4.78, 5) is 12.5. The summed E-state index contributed by atoms with van der Waals surface area (Å²) in [6.45, 7) is 16.7. The smallest absolute Gasteiger partial charge is 0.191 e. The molecule has 182 valence electrons. The molecule has 2 fully saturated rings. The molecule has 32 heavy (non-hydrogen) atoms. The normalized spacial score (nSPS) is 19.1. The van der Waals surface area contributed by atoms with Gasteiger partial charge in [-0.1, -0.05) is 18.2 Å². The molecule has 0 bridgehead atoms. The Morgan fingerprint density at radius 2 is 1.69 bits per heavy atom. The Hall–Kier alpha value is -1.06. The maximum Gasteiger partial charge on any atom is 0.191 e. The molecule has 6 nitrogen and oxygen atoms in total. The molecule has 1 aromatic rings.